The third-order valence-electron chi connectivity index (χ3n) is 3.42. The van der Waals surface area contributed by atoms with Crippen LogP contribution in [0.2, 0.25) is 0 Å². The van der Waals surface area contributed by atoms with Crippen molar-refractivity contribution in [2.75, 3.05) is 6.54 Å². The Morgan fingerprint density at radius 1 is 1.21 bits per heavy atom. The summed E-state index contributed by atoms with van der Waals surface area (Å²) in [6.45, 7) is 9.97. The van der Waals surface area contributed by atoms with Crippen LogP contribution in [0.25, 0.3) is 0 Å². The third-order valence-corrected chi connectivity index (χ3v) is 3.42. The number of ether oxygens (including phenoxy) is 1. The molecule has 2 nitrogen and oxygen atoms in total. The van der Waals surface area contributed by atoms with E-state index in [1.807, 2.05) is 0 Å². The fourth-order valence-corrected chi connectivity index (χ4v) is 2.51. The minimum atomic E-state index is -0.00160. The van der Waals surface area contributed by atoms with Crippen molar-refractivity contribution in [2.45, 2.75) is 64.2 Å². The van der Waals surface area contributed by atoms with Crippen molar-refractivity contribution in [3.8, 4) is 0 Å². The van der Waals surface area contributed by atoms with Gasteiger partial charge >= 0.3 is 0 Å². The van der Waals surface area contributed by atoms with Crippen LogP contribution in [0.5, 0.6) is 0 Å². The van der Waals surface area contributed by atoms with Gasteiger partial charge in [0.2, 0.25) is 0 Å². The predicted octanol–water partition coefficient (Wildman–Crippen LogP) is 2.33. The molecule has 82 valence electrons. The highest BCUT2D eigenvalue weighted by molar-refractivity contribution is 4.99. The van der Waals surface area contributed by atoms with Crippen LogP contribution in [0.15, 0.2) is 0 Å². The second-order valence-electron chi connectivity index (χ2n) is 6.07. The third kappa shape index (κ3) is 2.29. The van der Waals surface area contributed by atoms with Crippen molar-refractivity contribution in [3.05, 3.63) is 0 Å². The molecule has 1 N–H and O–H groups in total. The molecule has 0 spiro atoms. The highest BCUT2D eigenvalue weighted by atomic mass is 16.5. The summed E-state index contributed by atoms with van der Waals surface area (Å²) in [6, 6.07) is 0.526. The molecular formula is C12H23NO. The van der Waals surface area contributed by atoms with Gasteiger partial charge in [-0.15, -0.1) is 0 Å². The van der Waals surface area contributed by atoms with Gasteiger partial charge in [-0.05, 0) is 59.4 Å². The first-order valence-corrected chi connectivity index (χ1v) is 5.83. The van der Waals surface area contributed by atoms with E-state index in [0.717, 1.165) is 12.3 Å². The summed E-state index contributed by atoms with van der Waals surface area (Å²) in [4.78, 5) is 0. The molecule has 1 aliphatic carbocycles. The number of hydrogen-bond donors (Lipinski definition) is 1. The highest BCUT2D eigenvalue weighted by Crippen LogP contribution is 2.38. The van der Waals surface area contributed by atoms with Crippen LogP contribution in [0.3, 0.4) is 0 Å². The van der Waals surface area contributed by atoms with E-state index in [-0.39, 0.29) is 11.2 Å². The minimum Gasteiger partial charge on any atom is -0.368 e. The maximum absolute atomic E-state index is 6.04. The Morgan fingerprint density at radius 2 is 1.86 bits per heavy atom. The molecule has 1 aliphatic heterocycles. The molecule has 0 amide bonds. The van der Waals surface area contributed by atoms with Gasteiger partial charge in [0.05, 0.1) is 11.2 Å². The molecular weight excluding hydrogens is 174 g/mol. The molecule has 2 rings (SSSR count). The molecule has 2 aliphatic rings. The fraction of sp³-hybridized carbons (Fsp3) is 1.00. The fourth-order valence-electron chi connectivity index (χ4n) is 2.51. The summed E-state index contributed by atoms with van der Waals surface area (Å²) in [5.41, 5.74) is 0.0447. The first kappa shape index (κ1) is 10.4. The van der Waals surface area contributed by atoms with Gasteiger partial charge in [0.25, 0.3) is 0 Å². The lowest BCUT2D eigenvalue weighted by Gasteiger charge is -2.27. The Bertz CT molecular complexity index is 218. The first-order valence-electron chi connectivity index (χ1n) is 5.83. The standard InChI is InChI=1S/C12H23NO/c1-11(2)7-10(12(3,4)14-11)13-8-9-5-6-9/h9-10,13H,5-8H2,1-4H3/t10-/m1/s1. The van der Waals surface area contributed by atoms with Crippen molar-refractivity contribution in [1.82, 2.24) is 5.32 Å². The maximum Gasteiger partial charge on any atom is 0.0787 e. The summed E-state index contributed by atoms with van der Waals surface area (Å²) >= 11 is 0. The summed E-state index contributed by atoms with van der Waals surface area (Å²) in [7, 11) is 0. The zero-order valence-corrected chi connectivity index (χ0v) is 9.89. The number of rotatable bonds is 3. The molecule has 0 radical (unpaired) electrons. The van der Waals surface area contributed by atoms with Crippen molar-refractivity contribution in [2.24, 2.45) is 5.92 Å². The van der Waals surface area contributed by atoms with Gasteiger partial charge in [0.15, 0.2) is 0 Å². The lowest BCUT2D eigenvalue weighted by atomic mass is 9.94. The Labute approximate surface area is 87.4 Å². The van der Waals surface area contributed by atoms with E-state index in [2.05, 4.69) is 33.0 Å². The maximum atomic E-state index is 6.04. The van der Waals surface area contributed by atoms with E-state index in [4.69, 9.17) is 4.74 Å². The minimum absolute atomic E-state index is 0.00160. The van der Waals surface area contributed by atoms with Gasteiger partial charge < -0.3 is 10.1 Å². The summed E-state index contributed by atoms with van der Waals surface area (Å²) in [5.74, 6) is 0.953. The van der Waals surface area contributed by atoms with Gasteiger partial charge in [-0.1, -0.05) is 0 Å². The largest absolute Gasteiger partial charge is 0.368 e. The molecule has 0 aromatic rings. The molecule has 1 saturated heterocycles. The van der Waals surface area contributed by atoms with Crippen LogP contribution in [0.4, 0.5) is 0 Å². The first-order chi connectivity index (χ1) is 6.39. The number of hydrogen-bond acceptors (Lipinski definition) is 2. The van der Waals surface area contributed by atoms with Crippen molar-refractivity contribution in [1.29, 1.82) is 0 Å². The van der Waals surface area contributed by atoms with Crippen LogP contribution < -0.4 is 5.32 Å². The Balaban J connectivity index is 1.89. The smallest absolute Gasteiger partial charge is 0.0787 e. The van der Waals surface area contributed by atoms with E-state index >= 15 is 0 Å². The SMILES string of the molecule is CC1(C)C[C@@H](NCC2CC2)C(C)(C)O1. The van der Waals surface area contributed by atoms with Crippen LogP contribution in [-0.4, -0.2) is 23.8 Å². The number of nitrogens with one attached hydrogen (secondary N) is 1. The topological polar surface area (TPSA) is 21.3 Å². The van der Waals surface area contributed by atoms with Gasteiger partial charge in [0.1, 0.15) is 0 Å². The average molecular weight is 197 g/mol. The molecule has 2 fully saturated rings. The molecule has 14 heavy (non-hydrogen) atoms. The highest BCUT2D eigenvalue weighted by Gasteiger charge is 2.45. The zero-order chi connectivity index (χ0) is 10.4. The van der Waals surface area contributed by atoms with Gasteiger partial charge in [-0.2, -0.15) is 0 Å². The van der Waals surface area contributed by atoms with Crippen LogP contribution in [0.1, 0.15) is 47.0 Å². The van der Waals surface area contributed by atoms with Crippen LogP contribution in [0, 0.1) is 5.92 Å². The Hall–Kier alpha value is -0.0800. The second kappa shape index (κ2) is 3.21. The monoisotopic (exact) mass is 197 g/mol. The average Bonchev–Trinajstić information content (AvgIpc) is 2.74. The van der Waals surface area contributed by atoms with Crippen LogP contribution >= 0.6 is 0 Å². The molecule has 0 bridgehead atoms. The molecule has 1 atom stereocenters. The quantitative estimate of drug-likeness (QED) is 0.750. The van der Waals surface area contributed by atoms with E-state index in [0.29, 0.717) is 6.04 Å². The van der Waals surface area contributed by atoms with E-state index < -0.39 is 0 Å². The molecule has 1 saturated carbocycles. The normalized spacial score (nSPS) is 34.7. The van der Waals surface area contributed by atoms with Crippen molar-refractivity contribution >= 4 is 0 Å². The lowest BCUT2D eigenvalue weighted by molar-refractivity contribution is -0.0698. The lowest BCUT2D eigenvalue weighted by Crippen LogP contribution is -2.44. The zero-order valence-electron chi connectivity index (χ0n) is 9.89. The van der Waals surface area contributed by atoms with E-state index in [9.17, 15) is 0 Å². The van der Waals surface area contributed by atoms with Gasteiger partial charge in [-0.25, -0.2) is 0 Å². The molecule has 2 heteroatoms. The summed E-state index contributed by atoms with van der Waals surface area (Å²) in [6.07, 6.45) is 3.97. The summed E-state index contributed by atoms with van der Waals surface area (Å²) in [5, 5.41) is 3.66. The molecule has 1 heterocycles. The molecule has 0 aromatic carbocycles. The van der Waals surface area contributed by atoms with Gasteiger partial charge in [0, 0.05) is 6.04 Å². The second-order valence-corrected chi connectivity index (χ2v) is 6.07. The van der Waals surface area contributed by atoms with E-state index in [1.165, 1.54) is 19.4 Å². The summed E-state index contributed by atoms with van der Waals surface area (Å²) < 4.78 is 6.04. The van der Waals surface area contributed by atoms with E-state index in [1.54, 1.807) is 0 Å². The van der Waals surface area contributed by atoms with Crippen LogP contribution in [-0.2, 0) is 4.74 Å². The Morgan fingerprint density at radius 3 is 2.29 bits per heavy atom. The van der Waals surface area contributed by atoms with Crippen molar-refractivity contribution in [3.63, 3.8) is 0 Å². The Kier molecular flexibility index (Phi) is 2.39. The molecule has 0 unspecified atom stereocenters. The van der Waals surface area contributed by atoms with Gasteiger partial charge in [-0.3, -0.25) is 0 Å². The van der Waals surface area contributed by atoms with Crippen molar-refractivity contribution < 1.29 is 4.74 Å². The predicted molar refractivity (Wildman–Crippen MR) is 58.4 cm³/mol. The molecule has 0 aromatic heterocycles.